The van der Waals surface area contributed by atoms with Crippen LogP contribution in [0.3, 0.4) is 0 Å². The van der Waals surface area contributed by atoms with E-state index in [1.165, 1.54) is 0 Å². The molecule has 1 aliphatic heterocycles. The average molecular weight is 248 g/mol. The number of hydrogen-bond acceptors (Lipinski definition) is 3. The number of pyridine rings is 1. The SMILES string of the molecule is Cc1cnccc1C(=O)N1CC[C@H](C(C)(C)O)C1. The summed E-state index contributed by atoms with van der Waals surface area (Å²) >= 11 is 0. The van der Waals surface area contributed by atoms with E-state index in [1.54, 1.807) is 18.5 Å². The molecule has 0 bridgehead atoms. The maximum atomic E-state index is 12.4. The molecule has 0 unspecified atom stereocenters. The summed E-state index contributed by atoms with van der Waals surface area (Å²) < 4.78 is 0. The van der Waals surface area contributed by atoms with E-state index in [9.17, 15) is 9.90 Å². The molecule has 4 heteroatoms. The molecular weight excluding hydrogens is 228 g/mol. The van der Waals surface area contributed by atoms with Gasteiger partial charge in [-0.25, -0.2) is 0 Å². The summed E-state index contributed by atoms with van der Waals surface area (Å²) in [6, 6.07) is 1.76. The molecule has 18 heavy (non-hydrogen) atoms. The first-order valence-electron chi connectivity index (χ1n) is 6.32. The predicted molar refractivity (Wildman–Crippen MR) is 69.3 cm³/mol. The Labute approximate surface area is 108 Å². The maximum Gasteiger partial charge on any atom is 0.254 e. The van der Waals surface area contributed by atoms with E-state index in [1.807, 2.05) is 25.7 Å². The smallest absolute Gasteiger partial charge is 0.254 e. The fraction of sp³-hybridized carbons (Fsp3) is 0.571. The minimum absolute atomic E-state index is 0.0432. The molecule has 0 aliphatic carbocycles. The van der Waals surface area contributed by atoms with E-state index in [4.69, 9.17) is 0 Å². The average Bonchev–Trinajstić information content (AvgIpc) is 2.77. The molecule has 0 spiro atoms. The van der Waals surface area contributed by atoms with E-state index in [2.05, 4.69) is 4.98 Å². The molecule has 1 atom stereocenters. The van der Waals surface area contributed by atoms with Gasteiger partial charge in [0.15, 0.2) is 0 Å². The van der Waals surface area contributed by atoms with Crippen LogP contribution in [-0.4, -0.2) is 39.6 Å². The minimum atomic E-state index is -0.720. The number of rotatable bonds is 2. The lowest BCUT2D eigenvalue weighted by molar-refractivity contribution is 0.0211. The van der Waals surface area contributed by atoms with Crippen LogP contribution >= 0.6 is 0 Å². The van der Waals surface area contributed by atoms with Crippen molar-refractivity contribution >= 4 is 5.91 Å². The molecule has 4 nitrogen and oxygen atoms in total. The molecule has 2 rings (SSSR count). The van der Waals surface area contributed by atoms with Crippen molar-refractivity contribution in [3.05, 3.63) is 29.6 Å². The largest absolute Gasteiger partial charge is 0.390 e. The summed E-state index contributed by atoms with van der Waals surface area (Å²) in [6.45, 7) is 6.86. The van der Waals surface area contributed by atoms with Gasteiger partial charge >= 0.3 is 0 Å². The predicted octanol–water partition coefficient (Wildman–Crippen LogP) is 1.62. The zero-order chi connectivity index (χ0) is 13.3. The molecule has 2 heterocycles. The number of hydrogen-bond donors (Lipinski definition) is 1. The molecule has 1 fully saturated rings. The summed E-state index contributed by atoms with van der Waals surface area (Å²) in [4.78, 5) is 18.2. The third-order valence-corrected chi connectivity index (χ3v) is 3.73. The normalized spacial score (nSPS) is 20.2. The van der Waals surface area contributed by atoms with Crippen molar-refractivity contribution in [3.8, 4) is 0 Å². The summed E-state index contributed by atoms with van der Waals surface area (Å²) in [6.07, 6.45) is 4.21. The fourth-order valence-electron chi connectivity index (χ4n) is 2.41. The summed E-state index contributed by atoms with van der Waals surface area (Å²) in [5.41, 5.74) is 0.887. The Morgan fingerprint density at radius 2 is 2.28 bits per heavy atom. The second-order valence-electron chi connectivity index (χ2n) is 5.58. The Balaban J connectivity index is 2.11. The fourth-order valence-corrected chi connectivity index (χ4v) is 2.41. The summed E-state index contributed by atoms with van der Waals surface area (Å²) in [5.74, 6) is 0.199. The first-order chi connectivity index (χ1) is 8.39. The first kappa shape index (κ1) is 13.0. The second kappa shape index (κ2) is 4.69. The minimum Gasteiger partial charge on any atom is -0.390 e. The van der Waals surface area contributed by atoms with Crippen LogP contribution in [0.15, 0.2) is 18.5 Å². The number of likely N-dealkylation sites (tertiary alicyclic amines) is 1. The number of aromatic nitrogens is 1. The molecule has 1 aromatic rings. The Hall–Kier alpha value is -1.42. The first-order valence-corrected chi connectivity index (χ1v) is 6.32. The van der Waals surface area contributed by atoms with Crippen molar-refractivity contribution in [3.63, 3.8) is 0 Å². The van der Waals surface area contributed by atoms with E-state index in [-0.39, 0.29) is 11.8 Å². The highest BCUT2D eigenvalue weighted by Crippen LogP contribution is 2.28. The number of nitrogens with zero attached hydrogens (tertiary/aromatic N) is 2. The van der Waals surface area contributed by atoms with Gasteiger partial charge in [-0.05, 0) is 38.8 Å². The van der Waals surface area contributed by atoms with E-state index >= 15 is 0 Å². The lowest BCUT2D eigenvalue weighted by Crippen LogP contribution is -2.35. The molecule has 98 valence electrons. The Morgan fingerprint density at radius 3 is 2.83 bits per heavy atom. The van der Waals surface area contributed by atoms with Gasteiger partial charge in [0.2, 0.25) is 0 Å². The Morgan fingerprint density at radius 1 is 1.56 bits per heavy atom. The number of amides is 1. The van der Waals surface area contributed by atoms with E-state index in [0.29, 0.717) is 12.1 Å². The lowest BCUT2D eigenvalue weighted by Gasteiger charge is -2.25. The standard InChI is InChI=1S/C14H20N2O2/c1-10-8-15-6-4-12(10)13(17)16-7-5-11(9-16)14(2,3)18/h4,6,8,11,18H,5,7,9H2,1-3H3/t11-/m0/s1. The van der Waals surface area contributed by atoms with Gasteiger partial charge in [-0.1, -0.05) is 0 Å². The van der Waals surface area contributed by atoms with Crippen molar-refractivity contribution in [2.45, 2.75) is 32.8 Å². The molecule has 1 saturated heterocycles. The van der Waals surface area contributed by atoms with Crippen LogP contribution in [0, 0.1) is 12.8 Å². The van der Waals surface area contributed by atoms with Crippen LogP contribution in [0.2, 0.25) is 0 Å². The van der Waals surface area contributed by atoms with Gasteiger partial charge in [0.05, 0.1) is 5.60 Å². The van der Waals surface area contributed by atoms with Crippen molar-refractivity contribution in [2.75, 3.05) is 13.1 Å². The topological polar surface area (TPSA) is 53.4 Å². The molecule has 1 aromatic heterocycles. The van der Waals surface area contributed by atoms with Crippen molar-refractivity contribution in [1.29, 1.82) is 0 Å². The van der Waals surface area contributed by atoms with E-state index in [0.717, 1.165) is 18.5 Å². The third kappa shape index (κ3) is 2.53. The van der Waals surface area contributed by atoms with Crippen LogP contribution in [0.25, 0.3) is 0 Å². The van der Waals surface area contributed by atoms with Crippen LogP contribution in [0.4, 0.5) is 0 Å². The summed E-state index contributed by atoms with van der Waals surface area (Å²) in [7, 11) is 0. The number of carbonyl (C=O) groups excluding carboxylic acids is 1. The van der Waals surface area contributed by atoms with Gasteiger partial charge in [0.1, 0.15) is 0 Å². The number of carbonyl (C=O) groups is 1. The third-order valence-electron chi connectivity index (χ3n) is 3.73. The van der Waals surface area contributed by atoms with Gasteiger partial charge in [-0.2, -0.15) is 0 Å². The molecule has 0 saturated carbocycles. The molecule has 0 aromatic carbocycles. The van der Waals surface area contributed by atoms with Crippen molar-refractivity contribution < 1.29 is 9.90 Å². The molecule has 1 aliphatic rings. The highest BCUT2D eigenvalue weighted by molar-refractivity contribution is 5.95. The van der Waals surface area contributed by atoms with Gasteiger partial charge in [-0.3, -0.25) is 9.78 Å². The zero-order valence-corrected chi connectivity index (χ0v) is 11.2. The van der Waals surface area contributed by atoms with Gasteiger partial charge in [0.25, 0.3) is 5.91 Å². The second-order valence-corrected chi connectivity index (χ2v) is 5.58. The van der Waals surface area contributed by atoms with E-state index < -0.39 is 5.60 Å². The molecule has 1 amide bonds. The van der Waals surface area contributed by atoms with Crippen LogP contribution in [-0.2, 0) is 0 Å². The highest BCUT2D eigenvalue weighted by atomic mass is 16.3. The van der Waals surface area contributed by atoms with Crippen molar-refractivity contribution in [1.82, 2.24) is 9.88 Å². The maximum absolute atomic E-state index is 12.4. The van der Waals surface area contributed by atoms with Gasteiger partial charge in [-0.15, -0.1) is 0 Å². The zero-order valence-electron chi connectivity index (χ0n) is 11.2. The highest BCUT2D eigenvalue weighted by Gasteiger charge is 2.35. The van der Waals surface area contributed by atoms with Gasteiger partial charge < -0.3 is 10.0 Å². The van der Waals surface area contributed by atoms with Gasteiger partial charge in [0, 0.05) is 37.0 Å². The number of aryl methyl sites for hydroxylation is 1. The molecule has 0 radical (unpaired) electrons. The Bertz CT molecular complexity index is 451. The van der Waals surface area contributed by atoms with Crippen molar-refractivity contribution in [2.24, 2.45) is 5.92 Å². The van der Waals surface area contributed by atoms with Crippen LogP contribution in [0.1, 0.15) is 36.2 Å². The molecule has 1 N–H and O–H groups in total. The summed E-state index contributed by atoms with van der Waals surface area (Å²) in [5, 5.41) is 9.99. The molecular formula is C14H20N2O2. The van der Waals surface area contributed by atoms with Crippen LogP contribution < -0.4 is 0 Å². The lowest BCUT2D eigenvalue weighted by atomic mass is 9.90. The Kier molecular flexibility index (Phi) is 3.39. The van der Waals surface area contributed by atoms with Crippen LogP contribution in [0.5, 0.6) is 0 Å². The monoisotopic (exact) mass is 248 g/mol. The quantitative estimate of drug-likeness (QED) is 0.865. The number of aliphatic hydroxyl groups is 1.